The van der Waals surface area contributed by atoms with Gasteiger partial charge in [-0.1, -0.05) is 18.6 Å². The van der Waals surface area contributed by atoms with Crippen LogP contribution in [0.25, 0.3) is 0 Å². The van der Waals surface area contributed by atoms with Crippen LogP contribution in [0.3, 0.4) is 0 Å². The SMILES string of the molecule is CC1(C)O[C@H]2C[C@@H]3[C@@H]4CCC5=CC(=O)C=C[C@]5(C)[C@@]4(F)[C@@H](O)C[C@]3(C)[C@]2(C(=O)COC(=O)CCC(=O)O)O1. The fourth-order valence-electron chi connectivity index (χ4n) is 8.34. The summed E-state index contributed by atoms with van der Waals surface area (Å²) in [5.41, 5.74) is -5.20. The number of ketones is 2. The van der Waals surface area contributed by atoms with E-state index in [0.717, 1.165) is 0 Å². The minimum absolute atomic E-state index is 0.0933. The van der Waals surface area contributed by atoms with Crippen molar-refractivity contribution in [3.63, 3.8) is 0 Å². The van der Waals surface area contributed by atoms with Gasteiger partial charge in [-0.05, 0) is 64.5 Å². The maximum Gasteiger partial charge on any atom is 0.306 e. The first-order valence-electron chi connectivity index (χ1n) is 13.2. The summed E-state index contributed by atoms with van der Waals surface area (Å²) in [4.78, 5) is 48.8. The predicted molar refractivity (Wildman–Crippen MR) is 129 cm³/mol. The molecular weight excluding hydrogens is 499 g/mol. The zero-order chi connectivity index (χ0) is 27.9. The molecular formula is C28H35FO9. The molecule has 1 heterocycles. The minimum atomic E-state index is -2.07. The van der Waals surface area contributed by atoms with Crippen molar-refractivity contribution in [3.05, 3.63) is 23.8 Å². The molecule has 0 aromatic heterocycles. The Bertz CT molecular complexity index is 1160. The first-order valence-corrected chi connectivity index (χ1v) is 13.2. The molecule has 208 valence electrons. The molecule has 0 radical (unpaired) electrons. The highest BCUT2D eigenvalue weighted by Gasteiger charge is 2.80. The molecule has 3 saturated carbocycles. The van der Waals surface area contributed by atoms with Crippen LogP contribution < -0.4 is 0 Å². The Morgan fingerprint density at radius 1 is 1.16 bits per heavy atom. The Kier molecular flexibility index (Phi) is 6.10. The van der Waals surface area contributed by atoms with E-state index < -0.39 is 82.7 Å². The lowest BCUT2D eigenvalue weighted by Gasteiger charge is -2.62. The molecule has 4 fully saturated rings. The third kappa shape index (κ3) is 3.52. The molecule has 1 aliphatic heterocycles. The van der Waals surface area contributed by atoms with Crippen molar-refractivity contribution in [2.45, 2.75) is 95.5 Å². The normalized spacial score (nSPS) is 44.4. The molecule has 0 aromatic carbocycles. The highest BCUT2D eigenvalue weighted by atomic mass is 19.1. The van der Waals surface area contributed by atoms with Crippen molar-refractivity contribution in [3.8, 4) is 0 Å². The number of hydrogen-bond donors (Lipinski definition) is 2. The highest BCUT2D eigenvalue weighted by Crippen LogP contribution is 2.72. The molecule has 5 rings (SSSR count). The van der Waals surface area contributed by atoms with Gasteiger partial charge < -0.3 is 24.4 Å². The van der Waals surface area contributed by atoms with E-state index in [9.17, 15) is 24.3 Å². The number of alkyl halides is 1. The van der Waals surface area contributed by atoms with Gasteiger partial charge in [-0.2, -0.15) is 0 Å². The van der Waals surface area contributed by atoms with Crippen LogP contribution in [0.2, 0.25) is 0 Å². The number of aliphatic hydroxyl groups is 1. The van der Waals surface area contributed by atoms with Gasteiger partial charge in [0.2, 0.25) is 5.78 Å². The number of carboxylic acid groups (broad SMARTS) is 1. The zero-order valence-electron chi connectivity index (χ0n) is 22.1. The molecule has 9 nitrogen and oxygen atoms in total. The largest absolute Gasteiger partial charge is 0.481 e. The van der Waals surface area contributed by atoms with Gasteiger partial charge in [0.05, 0.1) is 25.0 Å². The van der Waals surface area contributed by atoms with E-state index >= 15 is 4.39 Å². The lowest BCUT2D eigenvalue weighted by atomic mass is 9.44. The second-order valence-electron chi connectivity index (χ2n) is 12.3. The number of ether oxygens (including phenoxy) is 3. The summed E-state index contributed by atoms with van der Waals surface area (Å²) in [5.74, 6) is -4.90. The van der Waals surface area contributed by atoms with Crippen molar-refractivity contribution in [1.82, 2.24) is 0 Å². The van der Waals surface area contributed by atoms with Gasteiger partial charge >= 0.3 is 11.9 Å². The number of hydrogen-bond acceptors (Lipinski definition) is 8. The van der Waals surface area contributed by atoms with Crippen LogP contribution >= 0.6 is 0 Å². The van der Waals surface area contributed by atoms with E-state index in [1.54, 1.807) is 26.8 Å². The van der Waals surface area contributed by atoms with Crippen LogP contribution in [0, 0.1) is 22.7 Å². The van der Waals surface area contributed by atoms with E-state index in [2.05, 4.69) is 0 Å². The Labute approximate surface area is 220 Å². The van der Waals surface area contributed by atoms with Crippen LogP contribution in [-0.4, -0.2) is 69.6 Å². The number of carbonyl (C=O) groups is 4. The van der Waals surface area contributed by atoms with Gasteiger partial charge in [0.15, 0.2) is 29.4 Å². The van der Waals surface area contributed by atoms with Crippen LogP contribution in [0.1, 0.15) is 66.2 Å². The van der Waals surface area contributed by atoms with E-state index in [1.165, 1.54) is 12.2 Å². The van der Waals surface area contributed by atoms with Crippen LogP contribution in [0.15, 0.2) is 23.8 Å². The number of esters is 1. The third-order valence-electron chi connectivity index (χ3n) is 9.96. The van der Waals surface area contributed by atoms with Crippen molar-refractivity contribution >= 4 is 23.5 Å². The number of allylic oxidation sites excluding steroid dienone is 4. The maximum absolute atomic E-state index is 17.4. The monoisotopic (exact) mass is 534 g/mol. The number of Topliss-reactive ketones (excluding diaryl/α,β-unsaturated/α-hetero) is 1. The molecule has 5 aliphatic rings. The third-order valence-corrected chi connectivity index (χ3v) is 9.96. The Hall–Kier alpha value is -2.43. The fraction of sp³-hybridized carbons (Fsp3) is 0.714. The number of carbonyl (C=O) groups excluding carboxylic acids is 3. The number of halogens is 1. The first-order chi connectivity index (χ1) is 17.6. The second kappa shape index (κ2) is 8.53. The summed E-state index contributed by atoms with van der Waals surface area (Å²) in [6.45, 7) is 6.26. The van der Waals surface area contributed by atoms with Crippen molar-refractivity contribution in [1.29, 1.82) is 0 Å². The summed E-state index contributed by atoms with van der Waals surface area (Å²) >= 11 is 0. The Balaban J connectivity index is 1.50. The Morgan fingerprint density at radius 3 is 2.55 bits per heavy atom. The van der Waals surface area contributed by atoms with Gasteiger partial charge in [-0.3, -0.25) is 19.2 Å². The molecule has 0 bridgehead atoms. The van der Waals surface area contributed by atoms with E-state index in [4.69, 9.17) is 19.3 Å². The number of aliphatic carboxylic acids is 1. The average molecular weight is 535 g/mol. The number of fused-ring (bicyclic) bond motifs is 7. The summed E-state index contributed by atoms with van der Waals surface area (Å²) in [5, 5.41) is 20.4. The van der Waals surface area contributed by atoms with Crippen LogP contribution in [0.5, 0.6) is 0 Å². The van der Waals surface area contributed by atoms with E-state index in [0.29, 0.717) is 24.8 Å². The molecule has 4 aliphatic carbocycles. The van der Waals surface area contributed by atoms with E-state index in [-0.39, 0.29) is 18.6 Å². The van der Waals surface area contributed by atoms with Crippen LogP contribution in [-0.2, 0) is 33.4 Å². The van der Waals surface area contributed by atoms with Gasteiger partial charge in [-0.25, -0.2) is 4.39 Å². The summed E-state index contributed by atoms with van der Waals surface area (Å²) in [6, 6.07) is 0. The summed E-state index contributed by atoms with van der Waals surface area (Å²) < 4.78 is 35.1. The molecule has 0 amide bonds. The maximum atomic E-state index is 17.4. The molecule has 8 atom stereocenters. The summed E-state index contributed by atoms with van der Waals surface area (Å²) in [7, 11) is 0. The Morgan fingerprint density at radius 2 is 1.87 bits per heavy atom. The number of aliphatic hydroxyl groups excluding tert-OH is 1. The van der Waals surface area contributed by atoms with Crippen molar-refractivity contribution in [2.24, 2.45) is 22.7 Å². The molecule has 2 N–H and O–H groups in total. The average Bonchev–Trinajstić information content (AvgIpc) is 3.23. The smallest absolute Gasteiger partial charge is 0.306 e. The van der Waals surface area contributed by atoms with Gasteiger partial charge in [0, 0.05) is 16.7 Å². The predicted octanol–water partition coefficient (Wildman–Crippen LogP) is 2.83. The quantitative estimate of drug-likeness (QED) is 0.493. The van der Waals surface area contributed by atoms with Gasteiger partial charge in [0.25, 0.3) is 0 Å². The fourth-order valence-corrected chi connectivity index (χ4v) is 8.34. The molecule has 10 heteroatoms. The molecule has 0 aromatic rings. The lowest BCUT2D eigenvalue weighted by molar-refractivity contribution is -0.246. The topological polar surface area (TPSA) is 136 Å². The summed E-state index contributed by atoms with van der Waals surface area (Å²) in [6.07, 6.45) is 2.50. The lowest BCUT2D eigenvalue weighted by Crippen LogP contribution is -2.70. The van der Waals surface area contributed by atoms with Crippen LogP contribution in [0.4, 0.5) is 4.39 Å². The molecule has 1 saturated heterocycles. The standard InChI is InChI=1S/C28H35FO9/c1-24(2)37-21-12-18-17-6-5-15-11-16(30)9-10-25(15,3)27(17,29)19(31)13-26(18,4)28(21,38-24)20(32)14-36-23(35)8-7-22(33)34/h9-11,17-19,21,31H,5-8,12-14H2,1-4H3,(H,33,34)/t17-,18+,19-,21-,25-,26-,27-,28+/m0/s1. The molecule has 38 heavy (non-hydrogen) atoms. The first kappa shape index (κ1) is 27.1. The van der Waals surface area contributed by atoms with E-state index in [1.807, 2.05) is 6.92 Å². The number of carboxylic acids is 1. The van der Waals surface area contributed by atoms with Gasteiger partial charge in [-0.15, -0.1) is 0 Å². The van der Waals surface area contributed by atoms with Crippen molar-refractivity contribution in [2.75, 3.05) is 6.61 Å². The van der Waals surface area contributed by atoms with Crippen molar-refractivity contribution < 1.29 is 48.0 Å². The molecule has 0 unspecified atom stereocenters. The molecule has 0 spiro atoms. The van der Waals surface area contributed by atoms with Gasteiger partial charge in [0.1, 0.15) is 0 Å². The number of rotatable bonds is 6. The minimum Gasteiger partial charge on any atom is -0.481 e. The zero-order valence-corrected chi connectivity index (χ0v) is 22.1. The second-order valence-corrected chi connectivity index (χ2v) is 12.3. The highest BCUT2D eigenvalue weighted by molar-refractivity contribution is 6.01.